The molecule has 1 aromatic heterocycles. The van der Waals surface area contributed by atoms with Crippen molar-refractivity contribution in [1.29, 1.82) is 0 Å². The van der Waals surface area contributed by atoms with E-state index in [9.17, 15) is 0 Å². The Labute approximate surface area is 132 Å². The van der Waals surface area contributed by atoms with Gasteiger partial charge in [-0.2, -0.15) is 0 Å². The number of nitrogens with one attached hydrogen (secondary N) is 1. The molecule has 0 aliphatic heterocycles. The molecule has 0 radical (unpaired) electrons. The molecular weight excluding hydrogens is 394 g/mol. The number of hydrogen-bond acceptors (Lipinski definition) is 5. The van der Waals surface area contributed by atoms with Crippen molar-refractivity contribution in [2.45, 2.75) is 6.54 Å². The molecule has 0 amide bonds. The van der Waals surface area contributed by atoms with E-state index < -0.39 is 0 Å². The van der Waals surface area contributed by atoms with Crippen molar-refractivity contribution in [2.24, 2.45) is 0 Å². The Morgan fingerprint density at radius 1 is 1.32 bits per heavy atom. The molecule has 1 heterocycles. The van der Waals surface area contributed by atoms with Crippen molar-refractivity contribution < 1.29 is 4.74 Å². The summed E-state index contributed by atoms with van der Waals surface area (Å²) in [6.45, 7) is 2.23. The lowest BCUT2D eigenvalue weighted by atomic mass is 10.2. The highest BCUT2D eigenvalue weighted by molar-refractivity contribution is 9.11. The Balaban J connectivity index is 2.04. The number of hydrogen-bond donors (Lipinski definition) is 1. The first-order valence-electron chi connectivity index (χ1n) is 5.68. The van der Waals surface area contributed by atoms with Gasteiger partial charge in [0.1, 0.15) is 10.0 Å². The summed E-state index contributed by atoms with van der Waals surface area (Å²) in [4.78, 5) is 0. The molecular formula is C12H13Br2N3OS. The zero-order valence-corrected chi connectivity index (χ0v) is 14.3. The average molecular weight is 407 g/mol. The van der Waals surface area contributed by atoms with E-state index in [0.29, 0.717) is 6.61 Å². The third kappa shape index (κ3) is 4.32. The third-order valence-corrected chi connectivity index (χ3v) is 4.49. The second kappa shape index (κ2) is 7.44. The third-order valence-electron chi connectivity index (χ3n) is 2.39. The van der Waals surface area contributed by atoms with Crippen LogP contribution in [-0.2, 0) is 11.3 Å². The second-order valence-electron chi connectivity index (χ2n) is 3.79. The summed E-state index contributed by atoms with van der Waals surface area (Å²) >= 11 is 8.57. The number of ether oxygens (including phenoxy) is 1. The zero-order chi connectivity index (χ0) is 13.7. The molecule has 2 rings (SSSR count). The van der Waals surface area contributed by atoms with Crippen LogP contribution in [0.2, 0.25) is 0 Å². The van der Waals surface area contributed by atoms with Crippen LogP contribution in [0.3, 0.4) is 0 Å². The summed E-state index contributed by atoms with van der Waals surface area (Å²) in [7, 11) is 1.69. The van der Waals surface area contributed by atoms with Gasteiger partial charge in [-0.3, -0.25) is 0 Å². The molecule has 102 valence electrons. The van der Waals surface area contributed by atoms with Gasteiger partial charge < -0.3 is 10.1 Å². The normalized spacial score (nSPS) is 10.9. The number of nitrogens with zero attached hydrogens (tertiary/aromatic N) is 2. The largest absolute Gasteiger partial charge is 0.383 e. The van der Waals surface area contributed by atoms with E-state index in [1.54, 1.807) is 18.4 Å². The maximum atomic E-state index is 4.98. The van der Waals surface area contributed by atoms with Crippen molar-refractivity contribution in [1.82, 2.24) is 15.5 Å². The maximum absolute atomic E-state index is 4.98. The molecule has 0 aliphatic carbocycles. The summed E-state index contributed by atoms with van der Waals surface area (Å²) in [5, 5.41) is 13.6. The van der Waals surface area contributed by atoms with Gasteiger partial charge in [0.25, 0.3) is 0 Å². The molecule has 1 N–H and O–H groups in total. The van der Waals surface area contributed by atoms with E-state index in [4.69, 9.17) is 4.74 Å². The van der Waals surface area contributed by atoms with Gasteiger partial charge in [0.15, 0.2) is 0 Å². The van der Waals surface area contributed by atoms with Crippen LogP contribution in [0.5, 0.6) is 0 Å². The molecule has 19 heavy (non-hydrogen) atoms. The summed E-state index contributed by atoms with van der Waals surface area (Å²) in [5.74, 6) is 0. The van der Waals surface area contributed by atoms with E-state index in [0.717, 1.165) is 37.6 Å². The van der Waals surface area contributed by atoms with Gasteiger partial charge in [0.05, 0.1) is 6.61 Å². The fourth-order valence-corrected chi connectivity index (χ4v) is 3.68. The van der Waals surface area contributed by atoms with Crippen LogP contribution < -0.4 is 5.32 Å². The van der Waals surface area contributed by atoms with Crippen molar-refractivity contribution in [3.8, 4) is 10.6 Å². The van der Waals surface area contributed by atoms with Crippen molar-refractivity contribution in [3.63, 3.8) is 0 Å². The SMILES string of the molecule is COCCNCc1nnc(-c2ccc(Br)cc2Br)s1. The van der Waals surface area contributed by atoms with Crippen LogP contribution >= 0.6 is 43.2 Å². The monoisotopic (exact) mass is 405 g/mol. The first kappa shape index (κ1) is 15.1. The summed E-state index contributed by atoms with van der Waals surface area (Å²) < 4.78 is 7.02. The predicted molar refractivity (Wildman–Crippen MR) is 84.3 cm³/mol. The van der Waals surface area contributed by atoms with Crippen LogP contribution in [0.15, 0.2) is 27.1 Å². The first-order chi connectivity index (χ1) is 9.20. The van der Waals surface area contributed by atoms with Crippen LogP contribution in [0.25, 0.3) is 10.6 Å². The highest BCUT2D eigenvalue weighted by atomic mass is 79.9. The van der Waals surface area contributed by atoms with Crippen LogP contribution in [0.1, 0.15) is 5.01 Å². The molecule has 0 fully saturated rings. The molecule has 0 saturated carbocycles. The second-order valence-corrected chi connectivity index (χ2v) is 6.63. The zero-order valence-electron chi connectivity index (χ0n) is 10.3. The van der Waals surface area contributed by atoms with Crippen LogP contribution in [0.4, 0.5) is 0 Å². The molecule has 1 aromatic carbocycles. The summed E-state index contributed by atoms with van der Waals surface area (Å²) in [5.41, 5.74) is 1.06. The van der Waals surface area contributed by atoms with Gasteiger partial charge in [0, 0.05) is 34.7 Å². The van der Waals surface area contributed by atoms with Gasteiger partial charge in [-0.25, -0.2) is 0 Å². The molecule has 0 spiro atoms. The number of benzene rings is 1. The molecule has 0 atom stereocenters. The van der Waals surface area contributed by atoms with Crippen molar-refractivity contribution in [2.75, 3.05) is 20.3 Å². The lowest BCUT2D eigenvalue weighted by Crippen LogP contribution is -2.18. The standard InChI is InChI=1S/C12H13Br2N3OS/c1-18-5-4-15-7-11-16-17-12(19-11)9-3-2-8(13)6-10(9)14/h2-3,6,15H,4-5,7H2,1H3. The van der Waals surface area contributed by atoms with E-state index in [2.05, 4.69) is 47.4 Å². The Morgan fingerprint density at radius 2 is 2.16 bits per heavy atom. The summed E-state index contributed by atoms with van der Waals surface area (Å²) in [6.07, 6.45) is 0. The van der Waals surface area contributed by atoms with Crippen LogP contribution in [0, 0.1) is 0 Å². The summed E-state index contributed by atoms with van der Waals surface area (Å²) in [6, 6.07) is 6.03. The lowest BCUT2D eigenvalue weighted by molar-refractivity contribution is 0.199. The average Bonchev–Trinajstić information content (AvgIpc) is 2.83. The van der Waals surface area contributed by atoms with E-state index in [-0.39, 0.29) is 0 Å². The minimum atomic E-state index is 0.698. The molecule has 0 bridgehead atoms. The molecule has 0 aliphatic rings. The minimum Gasteiger partial charge on any atom is -0.383 e. The maximum Gasteiger partial charge on any atom is 0.148 e. The number of rotatable bonds is 6. The van der Waals surface area contributed by atoms with E-state index >= 15 is 0 Å². The topological polar surface area (TPSA) is 47.0 Å². The Bertz CT molecular complexity index is 548. The number of aromatic nitrogens is 2. The number of halogens is 2. The van der Waals surface area contributed by atoms with E-state index in [1.807, 2.05) is 18.2 Å². The van der Waals surface area contributed by atoms with Crippen molar-refractivity contribution in [3.05, 3.63) is 32.2 Å². The van der Waals surface area contributed by atoms with Crippen LogP contribution in [-0.4, -0.2) is 30.5 Å². The van der Waals surface area contributed by atoms with Gasteiger partial charge in [-0.15, -0.1) is 10.2 Å². The molecule has 0 unspecified atom stereocenters. The Hall–Kier alpha value is -0.340. The fourth-order valence-electron chi connectivity index (χ4n) is 1.47. The first-order valence-corrected chi connectivity index (χ1v) is 8.08. The number of methoxy groups -OCH3 is 1. The minimum absolute atomic E-state index is 0.698. The van der Waals surface area contributed by atoms with Gasteiger partial charge in [-0.05, 0) is 18.2 Å². The quantitative estimate of drug-likeness (QED) is 0.746. The highest BCUT2D eigenvalue weighted by Gasteiger charge is 2.09. The predicted octanol–water partition coefficient (Wildman–Crippen LogP) is 3.47. The Kier molecular flexibility index (Phi) is 5.90. The molecule has 4 nitrogen and oxygen atoms in total. The smallest absolute Gasteiger partial charge is 0.148 e. The van der Waals surface area contributed by atoms with Gasteiger partial charge in [0.2, 0.25) is 0 Å². The van der Waals surface area contributed by atoms with Gasteiger partial charge in [-0.1, -0.05) is 43.2 Å². The molecule has 7 heteroatoms. The molecule has 2 aromatic rings. The lowest BCUT2D eigenvalue weighted by Gasteiger charge is -2.00. The van der Waals surface area contributed by atoms with Crippen molar-refractivity contribution >= 4 is 43.2 Å². The fraction of sp³-hybridized carbons (Fsp3) is 0.333. The molecule has 0 saturated heterocycles. The van der Waals surface area contributed by atoms with E-state index in [1.165, 1.54) is 0 Å². The Morgan fingerprint density at radius 3 is 2.89 bits per heavy atom. The van der Waals surface area contributed by atoms with Gasteiger partial charge >= 0.3 is 0 Å². The highest BCUT2D eigenvalue weighted by Crippen LogP contribution is 2.32.